The first-order valence-corrected chi connectivity index (χ1v) is 6.05. The number of nitrogens with one attached hydrogen (secondary N) is 3. The molecule has 0 atom stereocenters. The minimum Gasteiger partial charge on any atom is -0.349 e. The normalized spacial score (nSPS) is 10.5. The van der Waals surface area contributed by atoms with Crippen LogP contribution in [0.25, 0.3) is 0 Å². The Kier molecular flexibility index (Phi) is 3.88. The van der Waals surface area contributed by atoms with Crippen molar-refractivity contribution in [2.45, 2.75) is 19.9 Å². The van der Waals surface area contributed by atoms with Gasteiger partial charge in [0, 0.05) is 25.7 Å². The lowest BCUT2D eigenvalue weighted by molar-refractivity contribution is 0.0947. The number of hydrogen-bond acceptors (Lipinski definition) is 4. The first-order chi connectivity index (χ1) is 8.72. The van der Waals surface area contributed by atoms with E-state index in [0.29, 0.717) is 23.6 Å². The van der Waals surface area contributed by atoms with E-state index in [4.69, 9.17) is 12.2 Å². The third kappa shape index (κ3) is 2.65. The Morgan fingerprint density at radius 2 is 2.39 bits per heavy atom. The van der Waals surface area contributed by atoms with Crippen LogP contribution < -0.4 is 5.32 Å². The van der Waals surface area contributed by atoms with E-state index in [9.17, 15) is 4.79 Å². The molecule has 7 nitrogen and oxygen atoms in total. The second-order valence-corrected chi connectivity index (χ2v) is 4.06. The minimum absolute atomic E-state index is 0.180. The van der Waals surface area contributed by atoms with Crippen molar-refractivity contribution in [2.24, 2.45) is 0 Å². The lowest BCUT2D eigenvalue weighted by atomic mass is 10.4. The van der Waals surface area contributed by atoms with E-state index in [1.807, 2.05) is 11.5 Å². The van der Waals surface area contributed by atoms with E-state index in [1.54, 1.807) is 6.07 Å². The topological polar surface area (TPSA) is 91.4 Å². The van der Waals surface area contributed by atoms with Gasteiger partial charge in [-0.1, -0.05) is 6.92 Å². The molecule has 8 heteroatoms. The van der Waals surface area contributed by atoms with Gasteiger partial charge in [-0.25, -0.2) is 0 Å². The first-order valence-electron chi connectivity index (χ1n) is 5.64. The summed E-state index contributed by atoms with van der Waals surface area (Å²) in [6, 6.07) is 1.62. The molecule has 2 rings (SSSR count). The Hall–Kier alpha value is -1.96. The van der Waals surface area contributed by atoms with Gasteiger partial charge in [0.1, 0.15) is 11.5 Å². The molecule has 0 saturated heterocycles. The number of carbonyl (C=O) groups excluding carboxylic acids is 1. The number of rotatable bonds is 5. The summed E-state index contributed by atoms with van der Waals surface area (Å²) in [6.07, 6.45) is 2.33. The molecule has 0 spiro atoms. The zero-order valence-electron chi connectivity index (χ0n) is 9.93. The Balaban J connectivity index is 1.91. The summed E-state index contributed by atoms with van der Waals surface area (Å²) >= 11 is 5.11. The Bertz CT molecular complexity index is 569. The summed E-state index contributed by atoms with van der Waals surface area (Å²) in [5.74, 6) is 0.705. The van der Waals surface area contributed by atoms with Gasteiger partial charge in [-0.3, -0.25) is 15.0 Å². The maximum atomic E-state index is 11.6. The van der Waals surface area contributed by atoms with Crippen LogP contribution in [0.4, 0.5) is 0 Å². The minimum atomic E-state index is -0.180. The van der Waals surface area contributed by atoms with Crippen molar-refractivity contribution in [2.75, 3.05) is 6.54 Å². The smallest absolute Gasteiger partial charge is 0.269 e. The molecule has 18 heavy (non-hydrogen) atoms. The summed E-state index contributed by atoms with van der Waals surface area (Å²) in [4.78, 5) is 11.6. The van der Waals surface area contributed by atoms with Gasteiger partial charge < -0.3 is 9.88 Å². The van der Waals surface area contributed by atoms with Crippen LogP contribution in [0.2, 0.25) is 0 Å². The molecule has 3 N–H and O–H groups in total. The van der Waals surface area contributed by atoms with E-state index in [0.717, 1.165) is 12.2 Å². The van der Waals surface area contributed by atoms with Gasteiger partial charge in [0.15, 0.2) is 4.77 Å². The fourth-order valence-electron chi connectivity index (χ4n) is 1.61. The summed E-state index contributed by atoms with van der Waals surface area (Å²) in [5.41, 5.74) is 0.446. The Morgan fingerprint density at radius 1 is 1.56 bits per heavy atom. The van der Waals surface area contributed by atoms with Crippen LogP contribution in [-0.4, -0.2) is 37.4 Å². The molecular formula is C10H14N6OS. The Labute approximate surface area is 109 Å². The lowest BCUT2D eigenvalue weighted by Crippen LogP contribution is -2.28. The maximum Gasteiger partial charge on any atom is 0.269 e. The van der Waals surface area contributed by atoms with E-state index in [2.05, 4.69) is 25.7 Å². The zero-order chi connectivity index (χ0) is 13.0. The van der Waals surface area contributed by atoms with E-state index < -0.39 is 0 Å². The molecule has 2 aromatic heterocycles. The van der Waals surface area contributed by atoms with Gasteiger partial charge in [0.25, 0.3) is 5.91 Å². The number of aromatic amines is 2. The van der Waals surface area contributed by atoms with Crippen LogP contribution in [0.15, 0.2) is 12.3 Å². The molecule has 2 aromatic rings. The number of aryl methyl sites for hydroxylation is 1. The van der Waals surface area contributed by atoms with Gasteiger partial charge >= 0.3 is 0 Å². The lowest BCUT2D eigenvalue weighted by Gasteiger charge is -2.06. The van der Waals surface area contributed by atoms with Crippen molar-refractivity contribution >= 4 is 18.1 Å². The number of hydrogen-bond donors (Lipinski definition) is 3. The molecule has 2 heterocycles. The summed E-state index contributed by atoms with van der Waals surface area (Å²) < 4.78 is 2.45. The SMILES string of the molecule is CCc1n[nH]c(=S)n1CCNC(=O)c1ccn[nH]1. The van der Waals surface area contributed by atoms with Crippen molar-refractivity contribution in [1.29, 1.82) is 0 Å². The fourth-order valence-corrected chi connectivity index (χ4v) is 1.85. The van der Waals surface area contributed by atoms with Crippen molar-refractivity contribution < 1.29 is 4.79 Å². The highest BCUT2D eigenvalue weighted by atomic mass is 32.1. The molecule has 0 unspecified atom stereocenters. The highest BCUT2D eigenvalue weighted by Crippen LogP contribution is 1.98. The predicted molar refractivity (Wildman–Crippen MR) is 67.7 cm³/mol. The second-order valence-electron chi connectivity index (χ2n) is 3.68. The number of nitrogens with zero attached hydrogens (tertiary/aromatic N) is 3. The molecule has 1 amide bonds. The quantitative estimate of drug-likeness (QED) is 0.693. The van der Waals surface area contributed by atoms with Crippen LogP contribution in [0.3, 0.4) is 0 Å². The van der Waals surface area contributed by atoms with Crippen molar-refractivity contribution in [3.8, 4) is 0 Å². The van der Waals surface area contributed by atoms with E-state index >= 15 is 0 Å². The summed E-state index contributed by atoms with van der Waals surface area (Å²) in [7, 11) is 0. The average Bonchev–Trinajstić information content (AvgIpc) is 3.00. The molecule has 0 saturated carbocycles. The standard InChI is InChI=1S/C10H14N6OS/c1-2-8-14-15-10(18)16(8)6-5-11-9(17)7-3-4-12-13-7/h3-4H,2,5-6H2,1H3,(H,11,17)(H,12,13)(H,15,18). The molecule has 0 bridgehead atoms. The monoisotopic (exact) mass is 266 g/mol. The van der Waals surface area contributed by atoms with Gasteiger partial charge in [-0.05, 0) is 18.3 Å². The van der Waals surface area contributed by atoms with Crippen LogP contribution in [0, 0.1) is 4.77 Å². The molecule has 0 fully saturated rings. The molecule has 96 valence electrons. The van der Waals surface area contributed by atoms with E-state index in [-0.39, 0.29) is 5.91 Å². The average molecular weight is 266 g/mol. The van der Waals surface area contributed by atoms with Crippen LogP contribution in [-0.2, 0) is 13.0 Å². The molecule has 0 aliphatic carbocycles. The summed E-state index contributed by atoms with van der Waals surface area (Å²) in [6.45, 7) is 3.09. The second kappa shape index (κ2) is 5.58. The van der Waals surface area contributed by atoms with Gasteiger partial charge in [0.2, 0.25) is 0 Å². The Morgan fingerprint density at radius 3 is 3.06 bits per heavy atom. The zero-order valence-corrected chi connectivity index (χ0v) is 10.8. The molecular weight excluding hydrogens is 252 g/mol. The highest BCUT2D eigenvalue weighted by Gasteiger charge is 2.07. The largest absolute Gasteiger partial charge is 0.349 e. The molecule has 0 radical (unpaired) electrons. The van der Waals surface area contributed by atoms with Crippen LogP contribution in [0.5, 0.6) is 0 Å². The third-order valence-electron chi connectivity index (χ3n) is 2.52. The number of amides is 1. The predicted octanol–water partition coefficient (Wildman–Crippen LogP) is 0.656. The van der Waals surface area contributed by atoms with Crippen molar-refractivity contribution in [1.82, 2.24) is 30.3 Å². The van der Waals surface area contributed by atoms with Gasteiger partial charge in [-0.2, -0.15) is 10.2 Å². The number of aromatic nitrogens is 5. The fraction of sp³-hybridized carbons (Fsp3) is 0.400. The maximum absolute atomic E-state index is 11.6. The van der Waals surface area contributed by atoms with Crippen LogP contribution in [0.1, 0.15) is 23.2 Å². The number of carbonyl (C=O) groups is 1. The van der Waals surface area contributed by atoms with Crippen molar-refractivity contribution in [3.63, 3.8) is 0 Å². The highest BCUT2D eigenvalue weighted by molar-refractivity contribution is 7.71. The van der Waals surface area contributed by atoms with Gasteiger partial charge in [-0.15, -0.1) is 0 Å². The van der Waals surface area contributed by atoms with Gasteiger partial charge in [0.05, 0.1) is 0 Å². The molecule has 0 aromatic carbocycles. The third-order valence-corrected chi connectivity index (χ3v) is 2.83. The summed E-state index contributed by atoms with van der Waals surface area (Å²) in [5, 5.41) is 15.9. The molecule has 0 aliphatic heterocycles. The van der Waals surface area contributed by atoms with Crippen molar-refractivity contribution in [3.05, 3.63) is 28.6 Å². The van der Waals surface area contributed by atoms with Crippen LogP contribution >= 0.6 is 12.2 Å². The number of H-pyrrole nitrogens is 2. The van der Waals surface area contributed by atoms with E-state index in [1.165, 1.54) is 6.20 Å². The molecule has 0 aliphatic rings. The first kappa shape index (κ1) is 12.5.